The van der Waals surface area contributed by atoms with Crippen molar-refractivity contribution >= 4 is 35.0 Å². The van der Waals surface area contributed by atoms with Gasteiger partial charge in [0.1, 0.15) is 22.8 Å². The Balaban J connectivity index is 1.45. The van der Waals surface area contributed by atoms with Crippen LogP contribution in [-0.2, 0) is 19.1 Å². The number of hydrogen-bond acceptors (Lipinski definition) is 12. The highest BCUT2D eigenvalue weighted by atomic mass is 32.2. The molecule has 0 aromatic heterocycles. The second-order valence-electron chi connectivity index (χ2n) is 12.9. The van der Waals surface area contributed by atoms with Gasteiger partial charge in [0.15, 0.2) is 11.4 Å². The molecule has 12 nitrogen and oxygen atoms in total. The maximum atomic E-state index is 14.5. The van der Waals surface area contributed by atoms with Gasteiger partial charge in [0.25, 0.3) is 5.91 Å². The van der Waals surface area contributed by atoms with Crippen LogP contribution >= 0.6 is 11.8 Å². The number of ketones is 2. The van der Waals surface area contributed by atoms with E-state index in [-0.39, 0.29) is 23.6 Å². The summed E-state index contributed by atoms with van der Waals surface area (Å²) < 4.78 is 5.32. The van der Waals surface area contributed by atoms with E-state index in [1.165, 1.54) is 25.1 Å². The highest BCUT2D eigenvalue weighted by Gasteiger charge is 2.68. The molecule has 6 atom stereocenters. The van der Waals surface area contributed by atoms with Gasteiger partial charge in [0, 0.05) is 41.5 Å². The van der Waals surface area contributed by atoms with Crippen LogP contribution in [-0.4, -0.2) is 129 Å². The fourth-order valence-electron chi connectivity index (χ4n) is 7.90. The number of aromatic hydroxyl groups is 1. The van der Waals surface area contributed by atoms with E-state index in [9.17, 15) is 39.9 Å². The molecule has 0 spiro atoms. The van der Waals surface area contributed by atoms with Crippen molar-refractivity contribution in [3.8, 4) is 5.75 Å². The Morgan fingerprint density at radius 3 is 2.49 bits per heavy atom. The van der Waals surface area contributed by atoms with Crippen molar-refractivity contribution < 1.29 is 44.7 Å². The minimum atomic E-state index is -2.90. The topological polar surface area (TPSA) is 180 Å². The first-order valence-electron chi connectivity index (χ1n) is 15.5. The first kappa shape index (κ1) is 32.0. The molecule has 3 fully saturated rings. The summed E-state index contributed by atoms with van der Waals surface area (Å²) in [6.45, 7) is 2.07. The summed E-state index contributed by atoms with van der Waals surface area (Å²) in [5.74, 6) is -7.65. The number of amides is 1. The fraction of sp³-hybridized carbons (Fsp3) is 0.594. The van der Waals surface area contributed by atoms with E-state index in [0.29, 0.717) is 42.9 Å². The zero-order chi connectivity index (χ0) is 32.2. The van der Waals surface area contributed by atoms with E-state index in [0.717, 1.165) is 25.7 Å². The van der Waals surface area contributed by atoms with Crippen molar-refractivity contribution in [3.05, 3.63) is 46.2 Å². The van der Waals surface area contributed by atoms with Crippen LogP contribution in [0.25, 0.3) is 5.76 Å². The largest absolute Gasteiger partial charge is 0.508 e. The molecule has 1 heterocycles. The normalized spacial score (nSPS) is 32.5. The lowest BCUT2D eigenvalue weighted by Gasteiger charge is -2.54. The number of rotatable bonds is 7. The molecule has 45 heavy (non-hydrogen) atoms. The second-order valence-corrected chi connectivity index (χ2v) is 14.2. The molecule has 1 saturated heterocycles. The SMILES string of the molecule is CN(C)[C@@H]1C(=O)C(C(=O)NCN2CCOCC2)=C(O)[C@@]2(O)C(=O)C3=C(O)c4c(O)cccc4[C@H](CSC4CCCC4)C3[C@H](O)C12. The number of nitrogens with zero attached hydrogens (tertiary/aromatic N) is 2. The zero-order valence-electron chi connectivity index (χ0n) is 25.4. The average Bonchev–Trinajstić information content (AvgIpc) is 3.54. The number of ether oxygens (including phenoxy) is 1. The number of aliphatic hydroxyl groups is 4. The Morgan fingerprint density at radius 1 is 1.13 bits per heavy atom. The number of thioether (sulfide) groups is 1. The van der Waals surface area contributed by atoms with Crippen molar-refractivity contribution in [2.75, 3.05) is 52.8 Å². The molecule has 1 amide bonds. The molecule has 4 aliphatic carbocycles. The fourth-order valence-corrected chi connectivity index (χ4v) is 9.43. The van der Waals surface area contributed by atoms with Crippen LogP contribution in [0.15, 0.2) is 35.1 Å². The number of phenols is 1. The molecular weight excluding hydrogens is 602 g/mol. The molecule has 2 unspecified atom stereocenters. The molecule has 244 valence electrons. The molecule has 6 rings (SSSR count). The van der Waals surface area contributed by atoms with E-state index < -0.39 is 70.1 Å². The number of nitrogens with one attached hydrogen (secondary N) is 1. The molecular formula is C32H41N3O9S. The van der Waals surface area contributed by atoms with Gasteiger partial charge in [-0.2, -0.15) is 11.8 Å². The highest BCUT2D eigenvalue weighted by molar-refractivity contribution is 7.99. The van der Waals surface area contributed by atoms with Gasteiger partial charge < -0.3 is 35.6 Å². The van der Waals surface area contributed by atoms with Crippen LogP contribution in [0.1, 0.15) is 42.7 Å². The Kier molecular flexibility index (Phi) is 8.78. The predicted molar refractivity (Wildman–Crippen MR) is 166 cm³/mol. The average molecular weight is 644 g/mol. The van der Waals surface area contributed by atoms with Crippen LogP contribution in [0.4, 0.5) is 0 Å². The maximum Gasteiger partial charge on any atom is 0.259 e. The van der Waals surface area contributed by atoms with Crippen molar-refractivity contribution in [1.82, 2.24) is 15.1 Å². The van der Waals surface area contributed by atoms with Gasteiger partial charge >= 0.3 is 0 Å². The van der Waals surface area contributed by atoms with E-state index >= 15 is 0 Å². The van der Waals surface area contributed by atoms with Gasteiger partial charge in [0.05, 0.1) is 43.5 Å². The third-order valence-electron chi connectivity index (χ3n) is 10.2. The number of phenolic OH excluding ortho intramolecular Hbond substituents is 1. The number of hydrogen-bond donors (Lipinski definition) is 6. The molecule has 0 bridgehead atoms. The van der Waals surface area contributed by atoms with E-state index in [1.807, 2.05) is 4.90 Å². The molecule has 13 heteroatoms. The van der Waals surface area contributed by atoms with Gasteiger partial charge in [-0.05, 0) is 38.6 Å². The zero-order valence-corrected chi connectivity index (χ0v) is 26.3. The van der Waals surface area contributed by atoms with Crippen molar-refractivity contribution in [2.45, 2.75) is 54.6 Å². The number of carbonyl (C=O) groups is 3. The molecule has 6 N–H and O–H groups in total. The Morgan fingerprint density at radius 2 is 1.82 bits per heavy atom. The first-order chi connectivity index (χ1) is 21.5. The third-order valence-corrected chi connectivity index (χ3v) is 11.7. The van der Waals surface area contributed by atoms with Gasteiger partial charge in [-0.15, -0.1) is 0 Å². The van der Waals surface area contributed by atoms with Gasteiger partial charge in [-0.1, -0.05) is 25.0 Å². The monoisotopic (exact) mass is 643 g/mol. The molecule has 0 radical (unpaired) electrons. The lowest BCUT2D eigenvalue weighted by molar-refractivity contribution is -0.169. The third kappa shape index (κ3) is 5.17. The summed E-state index contributed by atoms with van der Waals surface area (Å²) >= 11 is 1.71. The summed E-state index contributed by atoms with van der Waals surface area (Å²) in [6, 6.07) is 3.40. The lowest BCUT2D eigenvalue weighted by Crippen LogP contribution is -2.70. The first-order valence-corrected chi connectivity index (χ1v) is 16.6. The van der Waals surface area contributed by atoms with Crippen molar-refractivity contribution in [2.24, 2.45) is 11.8 Å². The van der Waals surface area contributed by atoms with Crippen LogP contribution in [0, 0.1) is 11.8 Å². The molecule has 1 aliphatic heterocycles. The van der Waals surface area contributed by atoms with Crippen LogP contribution in [0.5, 0.6) is 5.75 Å². The number of fused-ring (bicyclic) bond motifs is 3. The Bertz CT molecular complexity index is 1450. The summed E-state index contributed by atoms with van der Waals surface area (Å²) in [5, 5.41) is 61.3. The molecule has 1 aromatic rings. The smallest absolute Gasteiger partial charge is 0.259 e. The molecule has 5 aliphatic rings. The number of aliphatic hydroxyl groups excluding tert-OH is 3. The van der Waals surface area contributed by atoms with E-state index in [4.69, 9.17) is 4.74 Å². The molecule has 2 saturated carbocycles. The quantitative estimate of drug-likeness (QED) is 0.233. The number of benzene rings is 1. The van der Waals surface area contributed by atoms with E-state index in [2.05, 4.69) is 5.32 Å². The predicted octanol–water partition coefficient (Wildman–Crippen LogP) is 1.07. The van der Waals surface area contributed by atoms with Crippen molar-refractivity contribution in [3.63, 3.8) is 0 Å². The minimum absolute atomic E-state index is 0.0337. The minimum Gasteiger partial charge on any atom is -0.508 e. The second kappa shape index (κ2) is 12.3. The highest BCUT2D eigenvalue weighted by Crippen LogP contribution is 2.57. The van der Waals surface area contributed by atoms with Crippen LogP contribution in [0.2, 0.25) is 0 Å². The summed E-state index contributed by atoms with van der Waals surface area (Å²) in [6.07, 6.45) is 2.72. The standard InChI is InChI=1S/C32H41N3O9S/c1-34(2)25-24-27(38)21-18(14-45-16-6-3-4-7-16)17-8-5-9-19(36)20(17)26(37)22(21)29(40)32(24,43)30(41)23(28(25)39)31(42)33-15-35-10-12-44-13-11-35/h5,8-9,16,18,21,24-25,27,36-38,41,43H,3-4,6-7,10-15H2,1-2H3,(H,33,42)/t18-,21?,24?,25-,27-,32-/m0/s1. The number of morpholine rings is 1. The van der Waals surface area contributed by atoms with Crippen LogP contribution < -0.4 is 5.32 Å². The number of likely N-dealkylation sites (N-methyl/N-ethyl adjacent to an activating group) is 1. The summed E-state index contributed by atoms with van der Waals surface area (Å²) in [5.41, 5.74) is -3.42. The summed E-state index contributed by atoms with van der Waals surface area (Å²) in [4.78, 5) is 45.2. The van der Waals surface area contributed by atoms with E-state index in [1.54, 1.807) is 23.9 Å². The maximum absolute atomic E-state index is 14.5. The Labute approximate surface area is 265 Å². The van der Waals surface area contributed by atoms with Crippen molar-refractivity contribution in [1.29, 1.82) is 0 Å². The summed E-state index contributed by atoms with van der Waals surface area (Å²) in [7, 11) is 3.08. The van der Waals surface area contributed by atoms with Gasteiger partial charge in [-0.25, -0.2) is 0 Å². The number of carbonyl (C=O) groups excluding carboxylic acids is 3. The number of Topliss-reactive ketones (excluding diaryl/α,β-unsaturated/α-hetero) is 2. The van der Waals surface area contributed by atoms with Crippen LogP contribution in [0.3, 0.4) is 0 Å². The lowest BCUT2D eigenvalue weighted by atomic mass is 9.54. The Hall–Kier alpha value is -2.94. The van der Waals surface area contributed by atoms with Gasteiger partial charge in [-0.3, -0.25) is 24.2 Å². The van der Waals surface area contributed by atoms with Gasteiger partial charge in [0.2, 0.25) is 5.78 Å². The molecule has 1 aromatic carbocycles.